The zero-order valence-electron chi connectivity index (χ0n) is 10.4. The van der Waals surface area contributed by atoms with Gasteiger partial charge in [-0.15, -0.1) is 0 Å². The second-order valence-corrected chi connectivity index (χ2v) is 4.25. The molecule has 0 saturated heterocycles. The van der Waals surface area contributed by atoms with Gasteiger partial charge >= 0.3 is 5.97 Å². The lowest BCUT2D eigenvalue weighted by Gasteiger charge is -2.07. The van der Waals surface area contributed by atoms with E-state index in [1.54, 1.807) is 0 Å². The Morgan fingerprint density at radius 1 is 1.20 bits per heavy atom. The molecule has 1 N–H and O–H groups in total. The topological polar surface area (TPSA) is 72.6 Å². The summed E-state index contributed by atoms with van der Waals surface area (Å²) in [6, 6.07) is 15.0. The molecular weight excluding hydrogens is 258 g/mol. The molecule has 5 nitrogen and oxygen atoms in total. The van der Waals surface area contributed by atoms with E-state index >= 15 is 0 Å². The zero-order chi connectivity index (χ0) is 13.9. The van der Waals surface area contributed by atoms with Gasteiger partial charge in [0.2, 0.25) is 0 Å². The maximum Gasteiger partial charge on any atom is 0.358 e. The third-order valence-electron chi connectivity index (χ3n) is 2.90. The highest BCUT2D eigenvalue weighted by atomic mass is 16.5. The number of benzene rings is 2. The molecule has 0 bridgehead atoms. The Labute approximate surface area is 114 Å². The fraction of sp³-hybridized carbons (Fsp3) is 0.0667. The number of aromatic carboxylic acids is 1. The number of carboxylic acid groups (broad SMARTS) is 1. The SMILES string of the molecule is O=C(O)c1cc(COc2cccc3ccccc23)on1. The molecule has 2 aromatic carbocycles. The van der Waals surface area contributed by atoms with Crippen LogP contribution in [0.4, 0.5) is 0 Å². The third kappa shape index (κ3) is 2.33. The van der Waals surface area contributed by atoms with Crippen LogP contribution in [0.5, 0.6) is 5.75 Å². The van der Waals surface area contributed by atoms with E-state index in [1.807, 2.05) is 42.5 Å². The second-order valence-electron chi connectivity index (χ2n) is 4.25. The predicted molar refractivity (Wildman–Crippen MR) is 71.7 cm³/mol. The molecule has 0 aliphatic carbocycles. The van der Waals surface area contributed by atoms with Crippen molar-refractivity contribution in [3.8, 4) is 5.75 Å². The molecule has 0 amide bonds. The van der Waals surface area contributed by atoms with Crippen LogP contribution < -0.4 is 4.74 Å². The smallest absolute Gasteiger partial charge is 0.358 e. The fourth-order valence-corrected chi connectivity index (χ4v) is 1.95. The molecule has 0 unspecified atom stereocenters. The summed E-state index contributed by atoms with van der Waals surface area (Å²) in [4.78, 5) is 10.7. The fourth-order valence-electron chi connectivity index (χ4n) is 1.95. The van der Waals surface area contributed by atoms with Crippen molar-refractivity contribution in [3.63, 3.8) is 0 Å². The van der Waals surface area contributed by atoms with Gasteiger partial charge in [0, 0.05) is 11.5 Å². The van der Waals surface area contributed by atoms with Crippen LogP contribution in [0.2, 0.25) is 0 Å². The standard InChI is InChI=1S/C15H11NO4/c17-15(18)13-8-11(20-16-13)9-19-14-7-3-5-10-4-1-2-6-12(10)14/h1-8H,9H2,(H,17,18). The predicted octanol–water partition coefficient (Wildman–Crippen LogP) is 3.11. The first-order valence-corrected chi connectivity index (χ1v) is 6.03. The van der Waals surface area contributed by atoms with Crippen LogP contribution in [0, 0.1) is 0 Å². The van der Waals surface area contributed by atoms with Crippen LogP contribution in [-0.2, 0) is 6.61 Å². The molecule has 0 saturated carbocycles. The molecule has 3 rings (SSSR count). The number of rotatable bonds is 4. The van der Waals surface area contributed by atoms with Crippen molar-refractivity contribution >= 4 is 16.7 Å². The highest BCUT2D eigenvalue weighted by Gasteiger charge is 2.11. The molecule has 0 aliphatic rings. The minimum Gasteiger partial charge on any atom is -0.485 e. The lowest BCUT2D eigenvalue weighted by atomic mass is 10.1. The summed E-state index contributed by atoms with van der Waals surface area (Å²) in [6.07, 6.45) is 0. The number of fused-ring (bicyclic) bond motifs is 1. The summed E-state index contributed by atoms with van der Waals surface area (Å²) >= 11 is 0. The zero-order valence-corrected chi connectivity index (χ0v) is 10.4. The van der Waals surface area contributed by atoms with E-state index in [-0.39, 0.29) is 12.3 Å². The number of nitrogens with zero attached hydrogens (tertiary/aromatic N) is 1. The van der Waals surface area contributed by atoms with Gasteiger partial charge in [0.05, 0.1) is 0 Å². The summed E-state index contributed by atoms with van der Waals surface area (Å²) in [5.41, 5.74) is -0.124. The van der Waals surface area contributed by atoms with Gasteiger partial charge in [-0.2, -0.15) is 0 Å². The van der Waals surface area contributed by atoms with Crippen molar-refractivity contribution < 1.29 is 19.2 Å². The molecule has 0 aliphatic heterocycles. The lowest BCUT2D eigenvalue weighted by molar-refractivity contribution is 0.0685. The Kier molecular flexibility index (Phi) is 3.09. The molecular formula is C15H11NO4. The summed E-state index contributed by atoms with van der Waals surface area (Å²) < 4.78 is 10.6. The van der Waals surface area contributed by atoms with E-state index < -0.39 is 5.97 Å². The molecule has 20 heavy (non-hydrogen) atoms. The van der Waals surface area contributed by atoms with Crippen molar-refractivity contribution in [1.82, 2.24) is 5.16 Å². The number of hydrogen-bond donors (Lipinski definition) is 1. The van der Waals surface area contributed by atoms with Crippen molar-refractivity contribution in [2.24, 2.45) is 0 Å². The van der Waals surface area contributed by atoms with E-state index in [2.05, 4.69) is 5.16 Å². The average Bonchev–Trinajstić information content (AvgIpc) is 2.94. The highest BCUT2D eigenvalue weighted by Crippen LogP contribution is 2.25. The molecule has 3 aromatic rings. The summed E-state index contributed by atoms with van der Waals surface area (Å²) in [5, 5.41) is 14.3. The van der Waals surface area contributed by atoms with Crippen LogP contribution in [0.15, 0.2) is 53.1 Å². The normalized spacial score (nSPS) is 10.6. The van der Waals surface area contributed by atoms with Gasteiger partial charge in [0.25, 0.3) is 0 Å². The maximum atomic E-state index is 10.7. The summed E-state index contributed by atoms with van der Waals surface area (Å²) in [6.45, 7) is 0.133. The quantitative estimate of drug-likeness (QED) is 0.787. The molecule has 1 heterocycles. The molecule has 0 spiro atoms. The highest BCUT2D eigenvalue weighted by molar-refractivity contribution is 5.88. The van der Waals surface area contributed by atoms with Gasteiger partial charge in [0.15, 0.2) is 11.5 Å². The number of hydrogen-bond acceptors (Lipinski definition) is 4. The van der Waals surface area contributed by atoms with Gasteiger partial charge in [-0.25, -0.2) is 4.79 Å². The molecule has 0 fully saturated rings. The summed E-state index contributed by atoms with van der Waals surface area (Å²) in [5.74, 6) is -0.0307. The van der Waals surface area contributed by atoms with Gasteiger partial charge in [-0.3, -0.25) is 0 Å². The Morgan fingerprint density at radius 2 is 2.00 bits per heavy atom. The molecule has 5 heteroatoms. The van der Waals surface area contributed by atoms with Crippen LogP contribution in [0.1, 0.15) is 16.2 Å². The van der Waals surface area contributed by atoms with Crippen molar-refractivity contribution in [2.45, 2.75) is 6.61 Å². The van der Waals surface area contributed by atoms with Gasteiger partial charge < -0.3 is 14.4 Å². The van der Waals surface area contributed by atoms with Crippen LogP contribution >= 0.6 is 0 Å². The van der Waals surface area contributed by atoms with Crippen molar-refractivity contribution in [2.75, 3.05) is 0 Å². The van der Waals surface area contributed by atoms with Crippen molar-refractivity contribution in [1.29, 1.82) is 0 Å². The van der Waals surface area contributed by atoms with Crippen LogP contribution in [0.3, 0.4) is 0 Å². The monoisotopic (exact) mass is 269 g/mol. The van der Waals surface area contributed by atoms with Crippen LogP contribution in [0.25, 0.3) is 10.8 Å². The first kappa shape index (κ1) is 12.2. The number of carbonyl (C=O) groups is 1. The number of ether oxygens (including phenoxy) is 1. The van der Waals surface area contributed by atoms with E-state index in [9.17, 15) is 4.79 Å². The van der Waals surface area contributed by atoms with E-state index in [1.165, 1.54) is 6.07 Å². The Bertz CT molecular complexity index is 758. The lowest BCUT2D eigenvalue weighted by Crippen LogP contribution is -1.96. The van der Waals surface area contributed by atoms with E-state index in [4.69, 9.17) is 14.4 Å². The largest absolute Gasteiger partial charge is 0.485 e. The Hall–Kier alpha value is -2.82. The van der Waals surface area contributed by atoms with Gasteiger partial charge in [0.1, 0.15) is 12.4 Å². The average molecular weight is 269 g/mol. The minimum atomic E-state index is -1.12. The van der Waals surface area contributed by atoms with E-state index in [0.29, 0.717) is 5.76 Å². The first-order valence-electron chi connectivity index (χ1n) is 6.03. The molecule has 100 valence electrons. The molecule has 1 aromatic heterocycles. The Balaban J connectivity index is 1.81. The minimum absolute atomic E-state index is 0.124. The van der Waals surface area contributed by atoms with Crippen LogP contribution in [-0.4, -0.2) is 16.2 Å². The Morgan fingerprint density at radius 3 is 2.80 bits per heavy atom. The van der Waals surface area contributed by atoms with Gasteiger partial charge in [-0.05, 0) is 11.5 Å². The summed E-state index contributed by atoms with van der Waals surface area (Å²) in [7, 11) is 0. The van der Waals surface area contributed by atoms with E-state index in [0.717, 1.165) is 16.5 Å². The molecule has 0 radical (unpaired) electrons. The molecule has 0 atom stereocenters. The number of aromatic nitrogens is 1. The number of carboxylic acids is 1. The van der Waals surface area contributed by atoms with Crippen molar-refractivity contribution in [3.05, 3.63) is 60.0 Å². The third-order valence-corrected chi connectivity index (χ3v) is 2.90. The second kappa shape index (κ2) is 5.05. The first-order chi connectivity index (χ1) is 9.74. The van der Waals surface area contributed by atoms with Gasteiger partial charge in [-0.1, -0.05) is 41.6 Å². The maximum absolute atomic E-state index is 10.7.